The molecule has 8 nitrogen and oxygen atoms in total. The van der Waals surface area contributed by atoms with Gasteiger partial charge < -0.3 is 25.7 Å². The Labute approximate surface area is 236 Å². The minimum atomic E-state index is -0.515. The fourth-order valence-electron chi connectivity index (χ4n) is 5.33. The van der Waals surface area contributed by atoms with Crippen molar-refractivity contribution in [3.63, 3.8) is 0 Å². The Morgan fingerprint density at radius 1 is 1.08 bits per heavy atom. The molecule has 1 heterocycles. The number of pyridine rings is 1. The molecular weight excluding hydrogens is 516 g/mol. The Bertz CT molecular complexity index is 1240. The number of aryl methyl sites for hydroxylation is 2. The number of alkyl carbamates (subject to hydrolysis) is 1. The lowest BCUT2D eigenvalue weighted by molar-refractivity contribution is 0.0489. The second-order valence-corrected chi connectivity index (χ2v) is 12.0. The van der Waals surface area contributed by atoms with Gasteiger partial charge in [0.25, 0.3) is 11.5 Å². The van der Waals surface area contributed by atoms with Gasteiger partial charge in [0.05, 0.1) is 0 Å². The van der Waals surface area contributed by atoms with Crippen LogP contribution in [0.1, 0.15) is 105 Å². The van der Waals surface area contributed by atoms with E-state index in [0.717, 1.165) is 48.1 Å². The molecule has 3 rings (SSSR count). The minimum Gasteiger partial charge on any atom is -0.444 e. The van der Waals surface area contributed by atoms with E-state index in [-0.39, 0.29) is 42.2 Å². The van der Waals surface area contributed by atoms with E-state index in [0.29, 0.717) is 22.6 Å². The molecule has 39 heavy (non-hydrogen) atoms. The lowest BCUT2D eigenvalue weighted by Gasteiger charge is -2.33. The summed E-state index contributed by atoms with van der Waals surface area (Å²) < 4.78 is 5.39. The largest absolute Gasteiger partial charge is 0.444 e. The number of aromatic amines is 1. The van der Waals surface area contributed by atoms with E-state index < -0.39 is 5.60 Å². The van der Waals surface area contributed by atoms with Gasteiger partial charge in [0.15, 0.2) is 0 Å². The molecule has 0 aliphatic heterocycles. The van der Waals surface area contributed by atoms with Crippen molar-refractivity contribution in [2.24, 2.45) is 0 Å². The number of carbonyl (C=O) groups excluding carboxylic acids is 2. The number of rotatable bonds is 8. The second-order valence-electron chi connectivity index (χ2n) is 11.6. The molecule has 2 aromatic rings. The monoisotopic (exact) mass is 558 g/mol. The van der Waals surface area contributed by atoms with E-state index in [1.54, 1.807) is 6.07 Å². The summed E-state index contributed by atoms with van der Waals surface area (Å²) in [5.41, 5.74) is 3.92. The Morgan fingerprint density at radius 3 is 2.31 bits per heavy atom. The molecule has 1 atom stereocenters. The van der Waals surface area contributed by atoms with Crippen molar-refractivity contribution in [1.29, 1.82) is 0 Å². The predicted molar refractivity (Wildman–Crippen MR) is 156 cm³/mol. The van der Waals surface area contributed by atoms with Crippen LogP contribution in [0, 0.1) is 13.8 Å². The van der Waals surface area contributed by atoms with Gasteiger partial charge in [-0.2, -0.15) is 0 Å². The molecule has 1 aliphatic carbocycles. The molecule has 1 saturated carbocycles. The van der Waals surface area contributed by atoms with Crippen LogP contribution in [0.25, 0.3) is 0 Å². The van der Waals surface area contributed by atoms with Crippen LogP contribution in [0.15, 0.2) is 23.0 Å². The average Bonchev–Trinajstić information content (AvgIpc) is 2.82. The zero-order valence-electron chi connectivity index (χ0n) is 24.2. The highest BCUT2D eigenvalue weighted by molar-refractivity contribution is 6.31. The predicted octanol–water partition coefficient (Wildman–Crippen LogP) is 5.62. The topological polar surface area (TPSA) is 112 Å². The van der Waals surface area contributed by atoms with Gasteiger partial charge in [-0.1, -0.05) is 18.5 Å². The first kappa shape index (κ1) is 30.7. The number of aromatic nitrogens is 1. The molecule has 4 N–H and O–H groups in total. The molecule has 0 bridgehead atoms. The Kier molecular flexibility index (Phi) is 10.2. The van der Waals surface area contributed by atoms with Gasteiger partial charge in [0.1, 0.15) is 5.60 Å². The molecule has 1 aromatic heterocycles. The van der Waals surface area contributed by atoms with Crippen molar-refractivity contribution < 1.29 is 14.3 Å². The smallest absolute Gasteiger partial charge is 0.407 e. The van der Waals surface area contributed by atoms with E-state index >= 15 is 0 Å². The van der Waals surface area contributed by atoms with E-state index in [1.165, 1.54) is 0 Å². The van der Waals surface area contributed by atoms with Crippen LogP contribution in [-0.4, -0.2) is 34.7 Å². The van der Waals surface area contributed by atoms with Crippen molar-refractivity contribution in [1.82, 2.24) is 20.9 Å². The summed E-state index contributed by atoms with van der Waals surface area (Å²) >= 11 is 6.49. The van der Waals surface area contributed by atoms with Crippen molar-refractivity contribution in [3.05, 3.63) is 67.1 Å². The van der Waals surface area contributed by atoms with Gasteiger partial charge >= 0.3 is 6.09 Å². The molecule has 1 aliphatic rings. The number of carbonyl (C=O) groups is 2. The van der Waals surface area contributed by atoms with E-state index in [1.807, 2.05) is 53.7 Å². The van der Waals surface area contributed by atoms with E-state index in [9.17, 15) is 14.4 Å². The van der Waals surface area contributed by atoms with Crippen LogP contribution in [0.3, 0.4) is 0 Å². The minimum absolute atomic E-state index is 0.0206. The lowest BCUT2D eigenvalue weighted by atomic mass is 9.89. The average molecular weight is 559 g/mol. The van der Waals surface area contributed by atoms with Crippen LogP contribution in [0.4, 0.5) is 4.79 Å². The summed E-state index contributed by atoms with van der Waals surface area (Å²) in [4.78, 5) is 40.6. The standard InChI is InChI=1S/C30H43ClN4O4/c1-8-23-24(19(4)34-21-9-11-22(12-10-21)35-29(38)39-30(5,6)7)14-20(31)15-25(23)27(36)32-16-26-17(2)13-18(3)33-28(26)37/h13-15,19,21-22,34H,8-12,16H2,1-7H3,(H,32,36)(H,33,37)(H,35,38). The van der Waals surface area contributed by atoms with Gasteiger partial charge in [-0.05, 0) is 109 Å². The van der Waals surface area contributed by atoms with Crippen molar-refractivity contribution in [2.75, 3.05) is 0 Å². The van der Waals surface area contributed by atoms with Gasteiger partial charge in [-0.25, -0.2) is 4.79 Å². The van der Waals surface area contributed by atoms with E-state index in [4.69, 9.17) is 16.3 Å². The molecule has 1 aromatic carbocycles. The van der Waals surface area contributed by atoms with Gasteiger partial charge in [-0.15, -0.1) is 0 Å². The van der Waals surface area contributed by atoms with Crippen LogP contribution < -0.4 is 21.5 Å². The van der Waals surface area contributed by atoms with Gasteiger partial charge in [-0.3, -0.25) is 9.59 Å². The number of hydrogen-bond acceptors (Lipinski definition) is 5. The molecule has 1 fully saturated rings. The van der Waals surface area contributed by atoms with Crippen molar-refractivity contribution in [2.45, 2.75) is 111 Å². The highest BCUT2D eigenvalue weighted by atomic mass is 35.5. The summed E-state index contributed by atoms with van der Waals surface area (Å²) in [6.45, 7) is 13.5. The van der Waals surface area contributed by atoms with Crippen LogP contribution in [-0.2, 0) is 17.7 Å². The molecule has 0 saturated heterocycles. The number of hydrogen-bond donors (Lipinski definition) is 4. The molecule has 0 spiro atoms. The third-order valence-electron chi connectivity index (χ3n) is 7.17. The summed E-state index contributed by atoms with van der Waals surface area (Å²) in [7, 11) is 0. The maximum Gasteiger partial charge on any atom is 0.407 e. The number of H-pyrrole nitrogens is 1. The van der Waals surface area contributed by atoms with Gasteiger partial charge in [0, 0.05) is 46.5 Å². The fourth-order valence-corrected chi connectivity index (χ4v) is 5.56. The van der Waals surface area contributed by atoms with E-state index in [2.05, 4.69) is 27.9 Å². The third kappa shape index (κ3) is 8.57. The molecule has 1 unspecified atom stereocenters. The third-order valence-corrected chi connectivity index (χ3v) is 7.39. The zero-order valence-corrected chi connectivity index (χ0v) is 25.0. The maximum atomic E-state index is 13.3. The Hall–Kier alpha value is -2.84. The normalized spacial score (nSPS) is 18.4. The second kappa shape index (κ2) is 13.0. The highest BCUT2D eigenvalue weighted by Crippen LogP contribution is 2.29. The Balaban J connectivity index is 1.66. The number of ether oxygens (including phenoxy) is 1. The lowest BCUT2D eigenvalue weighted by Crippen LogP contribution is -2.44. The fraction of sp³-hybridized carbons (Fsp3) is 0.567. The molecule has 9 heteroatoms. The first-order valence-electron chi connectivity index (χ1n) is 13.8. The summed E-state index contributed by atoms with van der Waals surface area (Å²) in [6.07, 6.45) is 3.87. The SMILES string of the molecule is CCc1c(C(=O)NCc2c(C)cc(C)[nH]c2=O)cc(Cl)cc1C(C)NC1CCC(NC(=O)OC(C)(C)C)CC1. The van der Waals surface area contributed by atoms with Gasteiger partial charge in [0.2, 0.25) is 0 Å². The van der Waals surface area contributed by atoms with Crippen molar-refractivity contribution in [3.8, 4) is 0 Å². The number of nitrogens with one attached hydrogen (secondary N) is 4. The summed E-state index contributed by atoms with van der Waals surface area (Å²) in [5.74, 6) is -0.254. The number of amides is 2. The van der Waals surface area contributed by atoms with Crippen LogP contribution >= 0.6 is 11.6 Å². The first-order valence-corrected chi connectivity index (χ1v) is 14.2. The molecule has 214 valence electrons. The van der Waals surface area contributed by atoms with Crippen LogP contribution in [0.2, 0.25) is 5.02 Å². The van der Waals surface area contributed by atoms with Crippen LogP contribution in [0.5, 0.6) is 0 Å². The molecular formula is C30H43ClN4O4. The quantitative estimate of drug-likeness (QED) is 0.336. The first-order chi connectivity index (χ1) is 18.3. The number of halogens is 1. The maximum absolute atomic E-state index is 13.3. The van der Waals surface area contributed by atoms with Crippen molar-refractivity contribution >= 4 is 23.6 Å². The molecule has 0 radical (unpaired) electrons. The summed E-state index contributed by atoms with van der Waals surface area (Å²) in [5, 5.41) is 10.1. The Morgan fingerprint density at radius 2 is 1.72 bits per heavy atom. The number of benzene rings is 1. The molecule has 2 amide bonds. The zero-order chi connectivity index (χ0) is 28.9. The highest BCUT2D eigenvalue weighted by Gasteiger charge is 2.27. The summed E-state index contributed by atoms with van der Waals surface area (Å²) in [6, 6.07) is 5.89.